The molecule has 20 heavy (non-hydrogen) atoms. The van der Waals surface area contributed by atoms with Crippen LogP contribution < -0.4 is 10.5 Å². The van der Waals surface area contributed by atoms with E-state index in [1.54, 1.807) is 0 Å². The minimum atomic E-state index is -4.83. The average molecular weight is 289 g/mol. The molecule has 112 valence electrons. The molecule has 1 aromatic carbocycles. The SMILES string of the molecule is CC(C)CC(CN)C(=O)c1ccccc1OC(F)(F)F. The second-order valence-electron chi connectivity index (χ2n) is 4.97. The minimum absolute atomic E-state index is 0.0825. The molecular weight excluding hydrogens is 271 g/mol. The standard InChI is InChI=1S/C14H18F3NO2/c1-9(2)7-10(8-18)13(19)11-5-3-4-6-12(11)20-14(15,16)17/h3-6,9-10H,7-8,18H2,1-2H3. The molecule has 0 saturated heterocycles. The fourth-order valence-corrected chi connectivity index (χ4v) is 1.98. The predicted molar refractivity (Wildman–Crippen MR) is 69.5 cm³/mol. The zero-order valence-corrected chi connectivity index (χ0v) is 11.4. The quantitative estimate of drug-likeness (QED) is 0.817. The molecule has 0 aliphatic rings. The highest BCUT2D eigenvalue weighted by Gasteiger charge is 2.33. The average Bonchev–Trinajstić information content (AvgIpc) is 2.33. The first-order chi connectivity index (χ1) is 9.24. The van der Waals surface area contributed by atoms with Gasteiger partial charge in [-0.25, -0.2) is 0 Å². The van der Waals surface area contributed by atoms with E-state index in [9.17, 15) is 18.0 Å². The molecule has 0 aliphatic heterocycles. The molecule has 0 aromatic heterocycles. The number of carbonyl (C=O) groups excluding carboxylic acids is 1. The zero-order valence-electron chi connectivity index (χ0n) is 11.4. The number of carbonyl (C=O) groups is 1. The number of para-hydroxylation sites is 1. The Hall–Kier alpha value is -1.56. The Kier molecular flexibility index (Phi) is 5.56. The molecule has 0 aliphatic carbocycles. The summed E-state index contributed by atoms with van der Waals surface area (Å²) in [7, 11) is 0. The highest BCUT2D eigenvalue weighted by atomic mass is 19.4. The molecule has 0 spiro atoms. The van der Waals surface area contributed by atoms with Gasteiger partial charge in [0, 0.05) is 12.5 Å². The second kappa shape index (κ2) is 6.74. The van der Waals surface area contributed by atoms with E-state index in [-0.39, 0.29) is 18.0 Å². The van der Waals surface area contributed by atoms with Crippen molar-refractivity contribution < 1.29 is 22.7 Å². The maximum Gasteiger partial charge on any atom is 0.573 e. The Bertz CT molecular complexity index is 458. The Labute approximate surface area is 115 Å². The van der Waals surface area contributed by atoms with E-state index in [4.69, 9.17) is 5.73 Å². The van der Waals surface area contributed by atoms with Crippen LogP contribution in [0, 0.1) is 11.8 Å². The van der Waals surface area contributed by atoms with Crippen molar-refractivity contribution in [3.63, 3.8) is 0 Å². The van der Waals surface area contributed by atoms with Gasteiger partial charge in [0.25, 0.3) is 0 Å². The van der Waals surface area contributed by atoms with Gasteiger partial charge in [0.2, 0.25) is 0 Å². The highest BCUT2D eigenvalue weighted by molar-refractivity contribution is 6.00. The molecule has 0 heterocycles. The van der Waals surface area contributed by atoms with Crippen LogP contribution in [-0.4, -0.2) is 18.7 Å². The summed E-state index contributed by atoms with van der Waals surface area (Å²) in [4.78, 5) is 12.3. The molecule has 0 saturated carbocycles. The van der Waals surface area contributed by atoms with Crippen LogP contribution in [0.15, 0.2) is 24.3 Å². The Balaban J connectivity index is 3.03. The smallest absolute Gasteiger partial charge is 0.405 e. The van der Waals surface area contributed by atoms with E-state index in [1.807, 2.05) is 13.8 Å². The van der Waals surface area contributed by atoms with Crippen molar-refractivity contribution in [1.82, 2.24) is 0 Å². The fraction of sp³-hybridized carbons (Fsp3) is 0.500. The Morgan fingerprint density at radius 3 is 2.40 bits per heavy atom. The van der Waals surface area contributed by atoms with Crippen LogP contribution in [0.1, 0.15) is 30.6 Å². The first-order valence-corrected chi connectivity index (χ1v) is 6.33. The van der Waals surface area contributed by atoms with Crippen molar-refractivity contribution in [2.45, 2.75) is 26.6 Å². The van der Waals surface area contributed by atoms with Gasteiger partial charge in [0.15, 0.2) is 5.78 Å². The van der Waals surface area contributed by atoms with Gasteiger partial charge in [0.1, 0.15) is 5.75 Å². The van der Waals surface area contributed by atoms with E-state index in [0.29, 0.717) is 6.42 Å². The number of halogens is 3. The van der Waals surface area contributed by atoms with E-state index in [2.05, 4.69) is 4.74 Å². The number of hydrogen-bond acceptors (Lipinski definition) is 3. The van der Waals surface area contributed by atoms with Gasteiger partial charge < -0.3 is 10.5 Å². The van der Waals surface area contributed by atoms with Gasteiger partial charge >= 0.3 is 6.36 Å². The number of alkyl halides is 3. The topological polar surface area (TPSA) is 52.3 Å². The zero-order chi connectivity index (χ0) is 15.3. The summed E-state index contributed by atoms with van der Waals surface area (Å²) in [6, 6.07) is 5.34. The molecule has 1 aromatic rings. The van der Waals surface area contributed by atoms with Crippen LogP contribution >= 0.6 is 0 Å². The number of ether oxygens (including phenoxy) is 1. The van der Waals surface area contributed by atoms with Crippen molar-refractivity contribution in [3.8, 4) is 5.75 Å². The van der Waals surface area contributed by atoms with Crippen molar-refractivity contribution >= 4 is 5.78 Å². The molecule has 0 radical (unpaired) electrons. The lowest BCUT2D eigenvalue weighted by Gasteiger charge is -2.18. The number of ketones is 1. The van der Waals surface area contributed by atoms with Gasteiger partial charge in [-0.2, -0.15) is 0 Å². The lowest BCUT2D eigenvalue weighted by Crippen LogP contribution is -2.27. The highest BCUT2D eigenvalue weighted by Crippen LogP contribution is 2.29. The molecular formula is C14H18F3NO2. The van der Waals surface area contributed by atoms with Crippen LogP contribution in [0.2, 0.25) is 0 Å². The summed E-state index contributed by atoms with van der Waals surface area (Å²) in [5.74, 6) is -1.18. The molecule has 1 atom stereocenters. The fourth-order valence-electron chi connectivity index (χ4n) is 1.98. The molecule has 1 unspecified atom stereocenters. The third kappa shape index (κ3) is 4.85. The normalized spacial score (nSPS) is 13.3. The number of Topliss-reactive ketones (excluding diaryl/α,β-unsaturated/α-hetero) is 1. The lowest BCUT2D eigenvalue weighted by atomic mass is 9.89. The first kappa shape index (κ1) is 16.5. The first-order valence-electron chi connectivity index (χ1n) is 6.33. The molecule has 3 nitrogen and oxygen atoms in total. The van der Waals surface area contributed by atoms with Crippen LogP contribution in [0.5, 0.6) is 5.75 Å². The molecule has 1 rings (SSSR count). The molecule has 0 fully saturated rings. The largest absolute Gasteiger partial charge is 0.573 e. The van der Waals surface area contributed by atoms with E-state index in [1.165, 1.54) is 18.2 Å². The van der Waals surface area contributed by atoms with Crippen molar-refractivity contribution in [1.29, 1.82) is 0 Å². The van der Waals surface area contributed by atoms with Crippen LogP contribution in [0.25, 0.3) is 0 Å². The lowest BCUT2D eigenvalue weighted by molar-refractivity contribution is -0.274. The summed E-state index contributed by atoms with van der Waals surface area (Å²) in [5.41, 5.74) is 5.47. The monoisotopic (exact) mass is 289 g/mol. The number of benzene rings is 1. The minimum Gasteiger partial charge on any atom is -0.405 e. The maximum atomic E-state index is 12.3. The number of hydrogen-bond donors (Lipinski definition) is 1. The molecule has 2 N–H and O–H groups in total. The second-order valence-corrected chi connectivity index (χ2v) is 4.97. The van der Waals surface area contributed by atoms with Gasteiger partial charge in [-0.05, 0) is 24.5 Å². The molecule has 0 bridgehead atoms. The third-order valence-electron chi connectivity index (χ3n) is 2.79. The summed E-state index contributed by atoms with van der Waals surface area (Å²) in [6.45, 7) is 3.94. The Morgan fingerprint density at radius 2 is 1.90 bits per heavy atom. The van der Waals surface area contributed by atoms with Crippen LogP contribution in [0.3, 0.4) is 0 Å². The number of rotatable bonds is 6. The van der Waals surface area contributed by atoms with Crippen molar-refractivity contribution in [2.75, 3.05) is 6.54 Å². The number of nitrogens with two attached hydrogens (primary N) is 1. The van der Waals surface area contributed by atoms with E-state index < -0.39 is 23.8 Å². The summed E-state index contributed by atoms with van der Waals surface area (Å²) >= 11 is 0. The summed E-state index contributed by atoms with van der Waals surface area (Å²) in [6.07, 6.45) is -4.30. The van der Waals surface area contributed by atoms with Gasteiger partial charge in [-0.3, -0.25) is 4.79 Å². The molecule has 6 heteroatoms. The predicted octanol–water partition coefficient (Wildman–Crippen LogP) is 3.39. The van der Waals surface area contributed by atoms with E-state index in [0.717, 1.165) is 6.07 Å². The maximum absolute atomic E-state index is 12.3. The summed E-state index contributed by atoms with van der Waals surface area (Å²) < 4.78 is 40.9. The van der Waals surface area contributed by atoms with E-state index >= 15 is 0 Å². The van der Waals surface area contributed by atoms with Gasteiger partial charge in [-0.15, -0.1) is 13.2 Å². The van der Waals surface area contributed by atoms with Crippen LogP contribution in [-0.2, 0) is 0 Å². The Morgan fingerprint density at radius 1 is 1.30 bits per heavy atom. The van der Waals surface area contributed by atoms with Crippen molar-refractivity contribution in [3.05, 3.63) is 29.8 Å². The van der Waals surface area contributed by atoms with Crippen molar-refractivity contribution in [2.24, 2.45) is 17.6 Å². The third-order valence-corrected chi connectivity index (χ3v) is 2.79. The molecule has 0 amide bonds. The van der Waals surface area contributed by atoms with Crippen LogP contribution in [0.4, 0.5) is 13.2 Å². The van der Waals surface area contributed by atoms with Gasteiger partial charge in [-0.1, -0.05) is 26.0 Å². The van der Waals surface area contributed by atoms with Gasteiger partial charge in [0.05, 0.1) is 5.56 Å². The summed E-state index contributed by atoms with van der Waals surface area (Å²) in [5, 5.41) is 0.